The van der Waals surface area contributed by atoms with Crippen LogP contribution in [0.2, 0.25) is 5.02 Å². The Bertz CT molecular complexity index is 837. The fourth-order valence-electron chi connectivity index (χ4n) is 2.47. The SMILES string of the molecule is CN=C(NCCc1cccc(Cl)c1)NCc1ccc(C(=O)NCC(N)=O)cc1. The van der Waals surface area contributed by atoms with Gasteiger partial charge in [-0.1, -0.05) is 35.9 Å². The van der Waals surface area contributed by atoms with E-state index in [1.54, 1.807) is 19.2 Å². The summed E-state index contributed by atoms with van der Waals surface area (Å²) >= 11 is 5.99. The van der Waals surface area contributed by atoms with Gasteiger partial charge in [-0.15, -0.1) is 0 Å². The third-order valence-corrected chi connectivity index (χ3v) is 4.15. The van der Waals surface area contributed by atoms with Gasteiger partial charge in [0, 0.05) is 30.7 Å². The molecule has 0 heterocycles. The first-order valence-corrected chi connectivity index (χ1v) is 9.20. The van der Waals surface area contributed by atoms with Crippen molar-refractivity contribution in [3.8, 4) is 0 Å². The van der Waals surface area contributed by atoms with Crippen LogP contribution in [0.1, 0.15) is 21.5 Å². The molecule has 0 aliphatic rings. The molecule has 2 rings (SSSR count). The van der Waals surface area contributed by atoms with Gasteiger partial charge in [-0.25, -0.2) is 0 Å². The van der Waals surface area contributed by atoms with Crippen molar-refractivity contribution in [1.82, 2.24) is 16.0 Å². The smallest absolute Gasteiger partial charge is 0.251 e. The number of halogens is 1. The maximum Gasteiger partial charge on any atom is 0.251 e. The Hall–Kier alpha value is -3.06. The normalized spacial score (nSPS) is 11.0. The molecule has 28 heavy (non-hydrogen) atoms. The largest absolute Gasteiger partial charge is 0.368 e. The van der Waals surface area contributed by atoms with Crippen LogP contribution in [-0.4, -0.2) is 37.9 Å². The van der Waals surface area contributed by atoms with E-state index in [2.05, 4.69) is 20.9 Å². The van der Waals surface area contributed by atoms with Crippen molar-refractivity contribution in [3.05, 3.63) is 70.2 Å². The van der Waals surface area contributed by atoms with Crippen molar-refractivity contribution in [2.24, 2.45) is 10.7 Å². The van der Waals surface area contributed by atoms with Crippen molar-refractivity contribution in [3.63, 3.8) is 0 Å². The van der Waals surface area contributed by atoms with Crippen LogP contribution in [0.4, 0.5) is 0 Å². The van der Waals surface area contributed by atoms with Crippen LogP contribution in [0.3, 0.4) is 0 Å². The lowest BCUT2D eigenvalue weighted by Crippen LogP contribution is -2.37. The molecule has 0 spiro atoms. The molecule has 0 aliphatic carbocycles. The van der Waals surface area contributed by atoms with E-state index in [0.717, 1.165) is 29.1 Å². The molecule has 0 aromatic heterocycles. The van der Waals surface area contributed by atoms with Gasteiger partial charge in [0.15, 0.2) is 5.96 Å². The molecule has 5 N–H and O–H groups in total. The molecular weight excluding hydrogens is 378 g/mol. The molecule has 2 aromatic rings. The van der Waals surface area contributed by atoms with E-state index in [0.29, 0.717) is 18.1 Å². The minimum absolute atomic E-state index is 0.181. The number of amides is 2. The summed E-state index contributed by atoms with van der Waals surface area (Å²) in [5, 5.41) is 9.65. The van der Waals surface area contributed by atoms with Crippen LogP contribution in [0.25, 0.3) is 0 Å². The monoisotopic (exact) mass is 401 g/mol. The Morgan fingerprint density at radius 2 is 1.79 bits per heavy atom. The molecule has 7 nitrogen and oxygen atoms in total. The molecule has 0 saturated heterocycles. The first kappa shape index (κ1) is 21.2. The lowest BCUT2D eigenvalue weighted by Gasteiger charge is -2.12. The molecule has 0 radical (unpaired) electrons. The Balaban J connectivity index is 1.78. The van der Waals surface area contributed by atoms with Crippen LogP contribution >= 0.6 is 11.6 Å². The summed E-state index contributed by atoms with van der Waals surface area (Å²) in [5.74, 6) is -0.231. The Morgan fingerprint density at radius 3 is 2.43 bits per heavy atom. The minimum atomic E-state index is -0.580. The molecule has 0 fully saturated rings. The topological polar surface area (TPSA) is 109 Å². The summed E-state index contributed by atoms with van der Waals surface area (Å²) in [6, 6.07) is 14.8. The number of rotatable bonds is 8. The summed E-state index contributed by atoms with van der Waals surface area (Å²) in [5.41, 5.74) is 7.62. The first-order chi connectivity index (χ1) is 13.5. The molecule has 8 heteroatoms. The average molecular weight is 402 g/mol. The van der Waals surface area contributed by atoms with E-state index < -0.39 is 5.91 Å². The van der Waals surface area contributed by atoms with Crippen molar-refractivity contribution in [2.45, 2.75) is 13.0 Å². The van der Waals surface area contributed by atoms with Crippen molar-refractivity contribution in [2.75, 3.05) is 20.1 Å². The summed E-state index contributed by atoms with van der Waals surface area (Å²) in [6.45, 7) is 1.10. The van der Waals surface area contributed by atoms with Crippen molar-refractivity contribution < 1.29 is 9.59 Å². The second kappa shape index (κ2) is 10.9. The molecule has 2 amide bonds. The summed E-state index contributed by atoms with van der Waals surface area (Å²) < 4.78 is 0. The maximum absolute atomic E-state index is 11.9. The third kappa shape index (κ3) is 7.28. The van der Waals surface area contributed by atoms with E-state index in [-0.39, 0.29) is 12.5 Å². The van der Waals surface area contributed by atoms with Crippen LogP contribution in [0.5, 0.6) is 0 Å². The van der Waals surface area contributed by atoms with Crippen LogP contribution in [0, 0.1) is 0 Å². The summed E-state index contributed by atoms with van der Waals surface area (Å²) in [7, 11) is 1.71. The van der Waals surface area contributed by atoms with Gasteiger partial charge < -0.3 is 21.7 Å². The standard InChI is InChI=1S/C20H24ClN5O2/c1-23-20(24-10-9-14-3-2-4-17(21)11-14)26-12-15-5-7-16(8-6-15)19(28)25-13-18(22)27/h2-8,11H,9-10,12-13H2,1H3,(H2,22,27)(H,25,28)(H2,23,24,26). The summed E-state index contributed by atoms with van der Waals surface area (Å²) in [4.78, 5) is 26.8. The molecule has 0 atom stereocenters. The number of nitrogens with one attached hydrogen (secondary N) is 3. The Morgan fingerprint density at radius 1 is 1.04 bits per heavy atom. The quantitative estimate of drug-likeness (QED) is 0.396. The number of hydrogen-bond donors (Lipinski definition) is 4. The van der Waals surface area contributed by atoms with Crippen molar-refractivity contribution in [1.29, 1.82) is 0 Å². The second-order valence-corrected chi connectivity index (χ2v) is 6.51. The first-order valence-electron chi connectivity index (χ1n) is 8.82. The number of carbonyl (C=O) groups is 2. The number of benzene rings is 2. The van der Waals surface area contributed by atoms with Gasteiger partial charge in [0.25, 0.3) is 5.91 Å². The average Bonchev–Trinajstić information content (AvgIpc) is 2.69. The van der Waals surface area contributed by atoms with E-state index in [1.165, 1.54) is 0 Å². The van der Waals surface area contributed by atoms with E-state index in [4.69, 9.17) is 17.3 Å². The number of nitrogens with two attached hydrogens (primary N) is 1. The van der Waals surface area contributed by atoms with Gasteiger partial charge in [0.05, 0.1) is 6.54 Å². The van der Waals surface area contributed by atoms with E-state index in [9.17, 15) is 9.59 Å². The zero-order valence-electron chi connectivity index (χ0n) is 15.7. The number of carbonyl (C=O) groups excluding carboxylic acids is 2. The van der Waals surface area contributed by atoms with Gasteiger partial charge in [0.2, 0.25) is 5.91 Å². The predicted molar refractivity (Wildman–Crippen MR) is 111 cm³/mol. The van der Waals surface area contributed by atoms with Crippen LogP contribution < -0.4 is 21.7 Å². The van der Waals surface area contributed by atoms with E-state index in [1.807, 2.05) is 36.4 Å². The van der Waals surface area contributed by atoms with Gasteiger partial charge in [-0.3, -0.25) is 14.6 Å². The zero-order chi connectivity index (χ0) is 20.4. The van der Waals surface area contributed by atoms with Crippen LogP contribution in [0.15, 0.2) is 53.5 Å². The fourth-order valence-corrected chi connectivity index (χ4v) is 2.68. The highest BCUT2D eigenvalue weighted by Crippen LogP contribution is 2.10. The Kier molecular flexibility index (Phi) is 8.30. The lowest BCUT2D eigenvalue weighted by molar-refractivity contribution is -0.117. The fraction of sp³-hybridized carbons (Fsp3) is 0.250. The number of guanidine groups is 1. The highest BCUT2D eigenvalue weighted by molar-refractivity contribution is 6.30. The maximum atomic E-state index is 11.9. The molecule has 2 aromatic carbocycles. The molecule has 0 bridgehead atoms. The lowest BCUT2D eigenvalue weighted by atomic mass is 10.1. The number of hydrogen-bond acceptors (Lipinski definition) is 3. The van der Waals surface area contributed by atoms with Gasteiger partial charge >= 0.3 is 0 Å². The zero-order valence-corrected chi connectivity index (χ0v) is 16.4. The van der Waals surface area contributed by atoms with Crippen molar-refractivity contribution >= 4 is 29.4 Å². The predicted octanol–water partition coefficient (Wildman–Crippen LogP) is 1.46. The molecule has 148 valence electrons. The molecule has 0 saturated carbocycles. The number of nitrogens with zero attached hydrogens (tertiary/aromatic N) is 1. The number of aliphatic imine (C=N–C) groups is 1. The van der Waals surface area contributed by atoms with E-state index >= 15 is 0 Å². The highest BCUT2D eigenvalue weighted by atomic mass is 35.5. The molecular formula is C20H24ClN5O2. The molecule has 0 aliphatic heterocycles. The molecule has 0 unspecified atom stereocenters. The minimum Gasteiger partial charge on any atom is -0.368 e. The third-order valence-electron chi connectivity index (χ3n) is 3.92. The number of primary amides is 1. The van der Waals surface area contributed by atoms with Gasteiger partial charge in [0.1, 0.15) is 0 Å². The van der Waals surface area contributed by atoms with Crippen LogP contribution in [-0.2, 0) is 17.8 Å². The van der Waals surface area contributed by atoms with Gasteiger partial charge in [-0.05, 0) is 41.8 Å². The highest BCUT2D eigenvalue weighted by Gasteiger charge is 2.06. The Labute approximate surface area is 169 Å². The van der Waals surface area contributed by atoms with Gasteiger partial charge in [-0.2, -0.15) is 0 Å². The second-order valence-electron chi connectivity index (χ2n) is 6.08. The summed E-state index contributed by atoms with van der Waals surface area (Å²) in [6.07, 6.45) is 0.830.